The number of anilines is 1. The van der Waals surface area contributed by atoms with E-state index in [-0.39, 0.29) is 23.3 Å². The van der Waals surface area contributed by atoms with Gasteiger partial charge in [0.1, 0.15) is 12.4 Å². The quantitative estimate of drug-likeness (QED) is 0.794. The Hall–Kier alpha value is -2.24. The van der Waals surface area contributed by atoms with Crippen LogP contribution in [-0.4, -0.2) is 68.5 Å². The van der Waals surface area contributed by atoms with Crippen molar-refractivity contribution in [2.24, 2.45) is 5.41 Å². The minimum absolute atomic E-state index is 0.0493. The molecule has 0 aliphatic carbocycles. The van der Waals surface area contributed by atoms with Gasteiger partial charge in [-0.2, -0.15) is 0 Å². The predicted molar refractivity (Wildman–Crippen MR) is 108 cm³/mol. The molecule has 1 heterocycles. The van der Waals surface area contributed by atoms with Gasteiger partial charge in [0.15, 0.2) is 0 Å². The summed E-state index contributed by atoms with van der Waals surface area (Å²) in [5.74, 6) is 0.835. The Kier molecular flexibility index (Phi) is 6.39. The number of carbonyl (C=O) groups excluding carboxylic acids is 2. The van der Waals surface area contributed by atoms with Crippen LogP contribution < -0.4 is 9.64 Å². The first-order valence-electron chi connectivity index (χ1n) is 9.52. The number of rotatable bonds is 5. The third-order valence-corrected chi connectivity index (χ3v) is 4.78. The second-order valence-electron chi connectivity index (χ2n) is 8.63. The summed E-state index contributed by atoms with van der Waals surface area (Å²) >= 11 is 0. The fourth-order valence-electron chi connectivity index (χ4n) is 3.28. The summed E-state index contributed by atoms with van der Waals surface area (Å²) in [6, 6.07) is 5.41. The lowest BCUT2D eigenvalue weighted by molar-refractivity contribution is -0.132. The average molecular weight is 376 g/mol. The van der Waals surface area contributed by atoms with Crippen LogP contribution in [0.1, 0.15) is 44.5 Å². The maximum atomic E-state index is 12.8. The Balaban J connectivity index is 2.15. The number of ether oxygens (including phenoxy) is 1. The average Bonchev–Trinajstić information content (AvgIpc) is 2.60. The fourth-order valence-corrected chi connectivity index (χ4v) is 3.28. The highest BCUT2D eigenvalue weighted by Gasteiger charge is 2.30. The molecule has 0 saturated heterocycles. The zero-order chi connectivity index (χ0) is 20.4. The van der Waals surface area contributed by atoms with Crippen LogP contribution in [0.4, 0.5) is 5.69 Å². The lowest BCUT2D eigenvalue weighted by Gasteiger charge is -2.37. The number of benzene rings is 1. The topological polar surface area (TPSA) is 53.1 Å². The van der Waals surface area contributed by atoms with Gasteiger partial charge in [-0.1, -0.05) is 20.8 Å². The Bertz CT molecular complexity index is 694. The largest absolute Gasteiger partial charge is 0.489 e. The molecule has 6 nitrogen and oxygen atoms in total. The van der Waals surface area contributed by atoms with Gasteiger partial charge in [0.05, 0.1) is 18.2 Å². The predicted octanol–water partition coefficient (Wildman–Crippen LogP) is 2.87. The van der Waals surface area contributed by atoms with E-state index in [0.717, 1.165) is 18.0 Å². The van der Waals surface area contributed by atoms with Gasteiger partial charge >= 0.3 is 0 Å². The van der Waals surface area contributed by atoms with Crippen LogP contribution in [0.15, 0.2) is 18.2 Å². The van der Waals surface area contributed by atoms with E-state index in [4.69, 9.17) is 4.74 Å². The summed E-state index contributed by atoms with van der Waals surface area (Å²) in [6.45, 7) is 10.3. The smallest absolute Gasteiger partial charge is 0.253 e. The van der Waals surface area contributed by atoms with Gasteiger partial charge in [0.25, 0.3) is 5.91 Å². The number of fused-ring (bicyclic) bond motifs is 1. The van der Waals surface area contributed by atoms with E-state index in [0.29, 0.717) is 25.1 Å². The first-order valence-corrected chi connectivity index (χ1v) is 9.52. The van der Waals surface area contributed by atoms with Gasteiger partial charge in [0, 0.05) is 39.8 Å². The molecule has 1 aliphatic rings. The van der Waals surface area contributed by atoms with Crippen LogP contribution in [0.3, 0.4) is 0 Å². The molecule has 27 heavy (non-hydrogen) atoms. The second kappa shape index (κ2) is 8.19. The molecule has 150 valence electrons. The molecule has 2 amide bonds. The van der Waals surface area contributed by atoms with E-state index in [2.05, 4.69) is 25.7 Å². The monoisotopic (exact) mass is 375 g/mol. The molecular weight excluding hydrogens is 342 g/mol. The third-order valence-electron chi connectivity index (χ3n) is 4.78. The Labute approximate surface area is 163 Å². The van der Waals surface area contributed by atoms with Crippen molar-refractivity contribution in [2.75, 3.05) is 45.7 Å². The maximum absolute atomic E-state index is 12.8. The van der Waals surface area contributed by atoms with Gasteiger partial charge in [-0.3, -0.25) is 9.59 Å². The first kappa shape index (κ1) is 21.1. The van der Waals surface area contributed by atoms with Crippen molar-refractivity contribution in [3.05, 3.63) is 23.8 Å². The Morgan fingerprint density at radius 2 is 1.93 bits per heavy atom. The van der Waals surface area contributed by atoms with E-state index in [1.54, 1.807) is 25.1 Å². The molecule has 0 saturated carbocycles. The molecular formula is C21H33N3O3. The zero-order valence-electron chi connectivity index (χ0n) is 17.7. The molecule has 0 radical (unpaired) electrons. The molecule has 1 aromatic carbocycles. The van der Waals surface area contributed by atoms with Crippen molar-refractivity contribution >= 4 is 17.5 Å². The van der Waals surface area contributed by atoms with Crippen molar-refractivity contribution in [1.29, 1.82) is 0 Å². The van der Waals surface area contributed by atoms with E-state index in [1.807, 2.05) is 31.0 Å². The van der Waals surface area contributed by atoms with Crippen LogP contribution >= 0.6 is 0 Å². The Morgan fingerprint density at radius 3 is 2.48 bits per heavy atom. The van der Waals surface area contributed by atoms with Gasteiger partial charge in [0.2, 0.25) is 5.91 Å². The lowest BCUT2D eigenvalue weighted by atomic mass is 9.95. The molecule has 1 aliphatic heterocycles. The van der Waals surface area contributed by atoms with Gasteiger partial charge in [-0.25, -0.2) is 0 Å². The van der Waals surface area contributed by atoms with Crippen molar-refractivity contribution in [3.63, 3.8) is 0 Å². The van der Waals surface area contributed by atoms with E-state index in [1.165, 1.54) is 0 Å². The summed E-state index contributed by atoms with van der Waals surface area (Å²) in [7, 11) is 5.43. The molecule has 1 atom stereocenters. The van der Waals surface area contributed by atoms with E-state index in [9.17, 15) is 9.59 Å². The number of nitrogens with zero attached hydrogens (tertiary/aromatic N) is 3. The van der Waals surface area contributed by atoms with Gasteiger partial charge < -0.3 is 19.4 Å². The Morgan fingerprint density at radius 1 is 1.26 bits per heavy atom. The van der Waals surface area contributed by atoms with E-state index >= 15 is 0 Å². The minimum atomic E-state index is -0.0521. The number of hydrogen-bond acceptors (Lipinski definition) is 4. The third kappa shape index (κ3) is 5.15. The maximum Gasteiger partial charge on any atom is 0.253 e. The van der Waals surface area contributed by atoms with E-state index < -0.39 is 0 Å². The minimum Gasteiger partial charge on any atom is -0.489 e. The van der Waals surface area contributed by atoms with Crippen molar-refractivity contribution in [1.82, 2.24) is 9.80 Å². The van der Waals surface area contributed by atoms with Crippen LogP contribution in [0.25, 0.3) is 0 Å². The van der Waals surface area contributed by atoms with Crippen molar-refractivity contribution in [2.45, 2.75) is 40.2 Å². The lowest BCUT2D eigenvalue weighted by Crippen LogP contribution is -2.46. The van der Waals surface area contributed by atoms with Gasteiger partial charge in [-0.15, -0.1) is 0 Å². The summed E-state index contributed by atoms with van der Waals surface area (Å²) < 4.78 is 5.88. The van der Waals surface area contributed by atoms with Crippen LogP contribution in [-0.2, 0) is 4.79 Å². The zero-order valence-corrected chi connectivity index (χ0v) is 17.7. The number of hydrogen-bond donors (Lipinski definition) is 0. The highest BCUT2D eigenvalue weighted by atomic mass is 16.5. The summed E-state index contributed by atoms with van der Waals surface area (Å²) in [6.07, 6.45) is 0.395. The van der Waals surface area contributed by atoms with Gasteiger partial charge in [-0.05, 0) is 30.5 Å². The molecule has 0 bridgehead atoms. The number of carbonyl (C=O) groups is 2. The van der Waals surface area contributed by atoms with Crippen molar-refractivity contribution < 1.29 is 14.3 Å². The molecule has 0 spiro atoms. The van der Waals surface area contributed by atoms with Crippen molar-refractivity contribution in [3.8, 4) is 5.75 Å². The number of amides is 2. The van der Waals surface area contributed by atoms with Crippen LogP contribution in [0.2, 0.25) is 0 Å². The molecule has 0 aromatic heterocycles. The highest BCUT2D eigenvalue weighted by molar-refractivity contribution is 5.95. The molecule has 0 unspecified atom stereocenters. The molecule has 0 N–H and O–H groups in total. The normalized spacial score (nSPS) is 16.4. The summed E-state index contributed by atoms with van der Waals surface area (Å²) in [5, 5.41) is 0. The molecule has 6 heteroatoms. The summed E-state index contributed by atoms with van der Waals surface area (Å²) in [5.41, 5.74) is 1.53. The second-order valence-corrected chi connectivity index (χ2v) is 8.63. The first-order chi connectivity index (χ1) is 12.5. The molecule has 2 rings (SSSR count). The fraction of sp³-hybridized carbons (Fsp3) is 0.619. The molecule has 1 aromatic rings. The molecule has 0 fully saturated rings. The van der Waals surface area contributed by atoms with Crippen LogP contribution in [0.5, 0.6) is 5.75 Å². The SMILES string of the molecule is CCN(CC(C)(C)C)C(=O)C[C@H]1COc2ccc(C(=O)N(C)C)cc2N1C. The van der Waals surface area contributed by atoms with Crippen LogP contribution in [0, 0.1) is 5.41 Å². The number of likely N-dealkylation sites (N-methyl/N-ethyl adjacent to an activating group) is 1. The standard InChI is InChI=1S/C21H33N3O3/c1-8-24(14-21(2,3)4)19(25)12-16-13-27-18-10-9-15(20(26)22(5)6)11-17(18)23(16)7/h9-11,16H,8,12-14H2,1-7H3/t16-/m0/s1. The highest BCUT2D eigenvalue weighted by Crippen LogP contribution is 2.35. The summed E-state index contributed by atoms with van der Waals surface area (Å²) in [4.78, 5) is 30.6.